The number of hydrogen-bond donors (Lipinski definition) is 4. The van der Waals surface area contributed by atoms with Gasteiger partial charge in [0.2, 0.25) is 0 Å². The third-order valence-corrected chi connectivity index (χ3v) is 8.65. The molecule has 3 heterocycles. The van der Waals surface area contributed by atoms with E-state index in [1.54, 1.807) is 20.8 Å². The van der Waals surface area contributed by atoms with Crippen LogP contribution in [0.1, 0.15) is 84.8 Å². The summed E-state index contributed by atoms with van der Waals surface area (Å²) in [5.74, 6) is -0.0275. The molecule has 10 nitrogen and oxygen atoms in total. The number of aromatic amines is 2. The zero-order chi connectivity index (χ0) is 34.4. The number of esters is 2. The van der Waals surface area contributed by atoms with E-state index < -0.39 is 29.1 Å². The topological polar surface area (TPSA) is 146 Å². The number of benzene rings is 3. The standard InChI is InChI=1S/C38H44N6O4/c1-8-26(31(39)35(45)48-38(5,6)7)33-42-28-14-13-23(19-29(28)43-33)22-11-9-21-10-12-24(18-25(21)17-22)30-20-41-32(44-30)27-15-16-40-34(27)47-36(46)37(2,3)4/h9-14,17-20,26-27,34,39-40H,8,15-16H2,1-7H3,(H,41,44)(H,42,43)/t26-,27-,34?/m0/s1. The second-order valence-corrected chi connectivity index (χ2v) is 14.6. The van der Waals surface area contributed by atoms with Crippen LogP contribution in [0.2, 0.25) is 0 Å². The molecule has 0 bridgehead atoms. The largest absolute Gasteiger partial charge is 0.455 e. The first kappa shape index (κ1) is 33.1. The summed E-state index contributed by atoms with van der Waals surface area (Å²) in [6.07, 6.45) is 2.79. The van der Waals surface area contributed by atoms with Crippen LogP contribution in [0.5, 0.6) is 0 Å². The van der Waals surface area contributed by atoms with Gasteiger partial charge in [-0.25, -0.2) is 14.8 Å². The maximum Gasteiger partial charge on any atom is 0.353 e. The van der Waals surface area contributed by atoms with Gasteiger partial charge in [0.05, 0.1) is 40.2 Å². The highest BCUT2D eigenvalue weighted by Crippen LogP contribution is 2.33. The summed E-state index contributed by atoms with van der Waals surface area (Å²) >= 11 is 0. The van der Waals surface area contributed by atoms with Crippen molar-refractivity contribution >= 4 is 39.5 Å². The third kappa shape index (κ3) is 6.89. The molecule has 6 rings (SSSR count). The second kappa shape index (κ2) is 12.6. The number of imidazole rings is 2. The molecule has 3 atom stereocenters. The summed E-state index contributed by atoms with van der Waals surface area (Å²) < 4.78 is 11.3. The number of nitrogens with zero attached hydrogens (tertiary/aromatic N) is 2. The lowest BCUT2D eigenvalue weighted by atomic mass is 9.97. The molecule has 1 aliphatic rings. The zero-order valence-corrected chi connectivity index (χ0v) is 28.7. The molecule has 5 aromatic rings. The van der Waals surface area contributed by atoms with Crippen molar-refractivity contribution in [2.75, 3.05) is 6.54 Å². The fourth-order valence-electron chi connectivity index (χ4n) is 6.02. The van der Waals surface area contributed by atoms with Gasteiger partial charge in [0.25, 0.3) is 0 Å². The van der Waals surface area contributed by atoms with Crippen molar-refractivity contribution in [3.63, 3.8) is 0 Å². The van der Waals surface area contributed by atoms with Crippen molar-refractivity contribution in [3.8, 4) is 22.4 Å². The van der Waals surface area contributed by atoms with E-state index in [0.717, 1.165) is 63.0 Å². The molecular weight excluding hydrogens is 604 g/mol. The SMILES string of the molecule is CC[C@@H](C(=N)C(=O)OC(C)(C)C)c1nc2ccc(-c3ccc4ccc(-c5cnc([C@@H]6CCNC6OC(=O)C(C)(C)C)[nH]5)cc4c3)cc2[nH]1. The van der Waals surface area contributed by atoms with Gasteiger partial charge in [-0.3, -0.25) is 15.5 Å². The van der Waals surface area contributed by atoms with Gasteiger partial charge in [-0.05, 0) is 107 Å². The van der Waals surface area contributed by atoms with Crippen LogP contribution in [-0.4, -0.2) is 56.0 Å². The van der Waals surface area contributed by atoms with Crippen LogP contribution >= 0.6 is 0 Å². The maximum atomic E-state index is 12.6. The number of H-pyrrole nitrogens is 2. The first-order valence-electron chi connectivity index (χ1n) is 16.6. The van der Waals surface area contributed by atoms with Crippen molar-refractivity contribution in [2.24, 2.45) is 5.41 Å². The van der Waals surface area contributed by atoms with Gasteiger partial charge in [-0.2, -0.15) is 0 Å². The van der Waals surface area contributed by atoms with Crippen molar-refractivity contribution < 1.29 is 19.1 Å². The average Bonchev–Trinajstić information content (AvgIpc) is 3.79. The average molecular weight is 649 g/mol. The summed E-state index contributed by atoms with van der Waals surface area (Å²) in [4.78, 5) is 41.5. The van der Waals surface area contributed by atoms with E-state index in [9.17, 15) is 9.59 Å². The van der Waals surface area contributed by atoms with Gasteiger partial charge in [0, 0.05) is 5.56 Å². The quantitative estimate of drug-likeness (QED) is 0.100. The summed E-state index contributed by atoms with van der Waals surface area (Å²) in [7, 11) is 0. The lowest BCUT2D eigenvalue weighted by Crippen LogP contribution is -2.36. The zero-order valence-electron chi connectivity index (χ0n) is 28.7. The molecule has 4 N–H and O–H groups in total. The van der Waals surface area contributed by atoms with E-state index >= 15 is 0 Å². The molecule has 0 spiro atoms. The van der Waals surface area contributed by atoms with E-state index in [0.29, 0.717) is 12.2 Å². The Morgan fingerprint density at radius 1 is 0.938 bits per heavy atom. The van der Waals surface area contributed by atoms with Gasteiger partial charge >= 0.3 is 11.9 Å². The Kier molecular flexibility index (Phi) is 8.72. The van der Waals surface area contributed by atoms with Crippen LogP contribution in [0.4, 0.5) is 0 Å². The summed E-state index contributed by atoms with van der Waals surface area (Å²) in [6.45, 7) is 13.6. The molecule has 48 heavy (non-hydrogen) atoms. The van der Waals surface area contributed by atoms with Crippen molar-refractivity contribution in [3.05, 3.63) is 72.4 Å². The summed E-state index contributed by atoms with van der Waals surface area (Å²) in [6, 6.07) is 18.8. The van der Waals surface area contributed by atoms with Crippen LogP contribution in [0.25, 0.3) is 44.2 Å². The predicted molar refractivity (Wildman–Crippen MR) is 188 cm³/mol. The van der Waals surface area contributed by atoms with Gasteiger partial charge < -0.3 is 19.4 Å². The Morgan fingerprint density at radius 2 is 1.62 bits per heavy atom. The molecular formula is C38H44N6O4. The first-order valence-corrected chi connectivity index (χ1v) is 16.6. The Bertz CT molecular complexity index is 2010. The number of aromatic nitrogens is 4. The molecule has 1 fully saturated rings. The van der Waals surface area contributed by atoms with Crippen LogP contribution < -0.4 is 5.32 Å². The molecule has 0 aliphatic carbocycles. The molecule has 1 saturated heterocycles. The maximum absolute atomic E-state index is 12.6. The molecule has 10 heteroatoms. The Balaban J connectivity index is 1.23. The van der Waals surface area contributed by atoms with Gasteiger partial charge in [-0.15, -0.1) is 0 Å². The van der Waals surface area contributed by atoms with Crippen LogP contribution in [-0.2, 0) is 19.1 Å². The molecule has 1 aliphatic heterocycles. The highest BCUT2D eigenvalue weighted by Gasteiger charge is 2.36. The van der Waals surface area contributed by atoms with E-state index in [2.05, 4.69) is 62.7 Å². The molecule has 2 aromatic heterocycles. The van der Waals surface area contributed by atoms with Crippen molar-refractivity contribution in [1.29, 1.82) is 5.41 Å². The Hall–Kier alpha value is -4.83. The normalized spacial score (nSPS) is 17.5. The van der Waals surface area contributed by atoms with Crippen LogP contribution in [0, 0.1) is 10.8 Å². The number of ether oxygens (including phenoxy) is 2. The lowest BCUT2D eigenvalue weighted by Gasteiger charge is -2.23. The van der Waals surface area contributed by atoms with E-state index in [1.165, 1.54) is 0 Å². The minimum atomic E-state index is -0.674. The molecule has 250 valence electrons. The molecule has 0 radical (unpaired) electrons. The number of fused-ring (bicyclic) bond motifs is 2. The molecule has 1 unspecified atom stereocenters. The van der Waals surface area contributed by atoms with Crippen molar-refractivity contribution in [1.82, 2.24) is 25.3 Å². The van der Waals surface area contributed by atoms with Gasteiger partial charge in [0.1, 0.15) is 23.0 Å². The lowest BCUT2D eigenvalue weighted by molar-refractivity contribution is -0.160. The van der Waals surface area contributed by atoms with Crippen LogP contribution in [0.3, 0.4) is 0 Å². The Morgan fingerprint density at radius 3 is 2.33 bits per heavy atom. The monoisotopic (exact) mass is 648 g/mol. The van der Waals surface area contributed by atoms with E-state index in [1.807, 2.05) is 46.0 Å². The smallest absolute Gasteiger partial charge is 0.353 e. The van der Waals surface area contributed by atoms with Crippen LogP contribution in [0.15, 0.2) is 60.8 Å². The highest BCUT2D eigenvalue weighted by atomic mass is 16.6. The third-order valence-electron chi connectivity index (χ3n) is 8.65. The first-order chi connectivity index (χ1) is 22.7. The minimum absolute atomic E-state index is 0.0504. The van der Waals surface area contributed by atoms with Crippen molar-refractivity contribution in [2.45, 2.75) is 85.0 Å². The molecule has 3 aromatic carbocycles. The number of carbonyl (C=O) groups excluding carboxylic acids is 2. The fraction of sp³-hybridized carbons (Fsp3) is 0.395. The predicted octanol–water partition coefficient (Wildman–Crippen LogP) is 7.62. The number of hydrogen-bond acceptors (Lipinski definition) is 8. The molecule has 0 amide bonds. The number of nitrogens with one attached hydrogen (secondary N) is 4. The highest BCUT2D eigenvalue weighted by molar-refractivity contribution is 6.37. The fourth-order valence-corrected chi connectivity index (χ4v) is 6.02. The van der Waals surface area contributed by atoms with Gasteiger partial charge in [-0.1, -0.05) is 37.3 Å². The van der Waals surface area contributed by atoms with E-state index in [4.69, 9.17) is 19.9 Å². The summed E-state index contributed by atoms with van der Waals surface area (Å²) in [5.41, 5.74) is 4.24. The minimum Gasteiger partial charge on any atom is -0.455 e. The van der Waals surface area contributed by atoms with Gasteiger partial charge in [0.15, 0.2) is 6.23 Å². The number of rotatable bonds is 8. The molecule has 0 saturated carbocycles. The Labute approximate surface area is 280 Å². The van der Waals surface area contributed by atoms with E-state index in [-0.39, 0.29) is 17.6 Å². The second-order valence-electron chi connectivity index (χ2n) is 14.6. The number of carbonyl (C=O) groups is 2. The summed E-state index contributed by atoms with van der Waals surface area (Å²) in [5, 5.41) is 14.0.